The fourth-order valence-electron chi connectivity index (χ4n) is 1.14. The third kappa shape index (κ3) is 3.40. The second-order valence-corrected chi connectivity index (χ2v) is 3.61. The molecule has 0 aromatic heterocycles. The maximum absolute atomic E-state index is 12.8. The molecule has 0 unspecified atom stereocenters. The van der Waals surface area contributed by atoms with E-state index in [1.54, 1.807) is 0 Å². The summed E-state index contributed by atoms with van der Waals surface area (Å²) in [5, 5.41) is 0. The highest BCUT2D eigenvalue weighted by atomic mass is 19.2. The van der Waals surface area contributed by atoms with Gasteiger partial charge < -0.3 is 4.90 Å². The normalized spacial score (nSPS) is 10.7. The summed E-state index contributed by atoms with van der Waals surface area (Å²) < 4.78 is 25.4. The van der Waals surface area contributed by atoms with E-state index in [9.17, 15) is 13.6 Å². The van der Waals surface area contributed by atoms with Crippen molar-refractivity contribution in [2.75, 3.05) is 20.6 Å². The van der Waals surface area contributed by atoms with Gasteiger partial charge in [0.25, 0.3) is 0 Å². The van der Waals surface area contributed by atoms with Crippen LogP contribution in [0.5, 0.6) is 0 Å². The SMILES string of the molecule is CN(C)CCC(=O)c1ccc(F)c(F)c1. The molecule has 0 saturated carbocycles. The van der Waals surface area contributed by atoms with E-state index in [-0.39, 0.29) is 11.3 Å². The molecule has 0 aliphatic rings. The van der Waals surface area contributed by atoms with Gasteiger partial charge >= 0.3 is 0 Å². The Kier molecular flexibility index (Phi) is 3.91. The van der Waals surface area contributed by atoms with Crippen molar-refractivity contribution in [3.05, 3.63) is 35.4 Å². The first kappa shape index (κ1) is 11.8. The summed E-state index contributed by atoms with van der Waals surface area (Å²) in [5.74, 6) is -2.09. The number of hydrogen-bond acceptors (Lipinski definition) is 2. The van der Waals surface area contributed by atoms with E-state index in [4.69, 9.17) is 0 Å². The molecule has 0 spiro atoms. The summed E-state index contributed by atoms with van der Waals surface area (Å²) in [6.07, 6.45) is 0.304. The van der Waals surface area contributed by atoms with E-state index in [2.05, 4.69) is 0 Å². The Bertz CT molecular complexity index is 364. The van der Waals surface area contributed by atoms with Gasteiger partial charge in [0.15, 0.2) is 17.4 Å². The smallest absolute Gasteiger partial charge is 0.164 e. The fourth-order valence-corrected chi connectivity index (χ4v) is 1.14. The van der Waals surface area contributed by atoms with Crippen LogP contribution in [0.15, 0.2) is 18.2 Å². The average molecular weight is 213 g/mol. The molecule has 0 N–H and O–H groups in total. The van der Waals surface area contributed by atoms with E-state index in [1.165, 1.54) is 6.07 Å². The number of carbonyl (C=O) groups excluding carboxylic acids is 1. The fraction of sp³-hybridized carbons (Fsp3) is 0.364. The lowest BCUT2D eigenvalue weighted by Crippen LogP contribution is -2.16. The van der Waals surface area contributed by atoms with Crippen LogP contribution in [0.2, 0.25) is 0 Å². The summed E-state index contributed by atoms with van der Waals surface area (Å²) >= 11 is 0. The van der Waals surface area contributed by atoms with Crippen molar-refractivity contribution >= 4 is 5.78 Å². The first-order valence-electron chi connectivity index (χ1n) is 4.63. The Morgan fingerprint density at radius 2 is 1.93 bits per heavy atom. The third-order valence-electron chi connectivity index (χ3n) is 2.03. The van der Waals surface area contributed by atoms with Gasteiger partial charge in [-0.15, -0.1) is 0 Å². The maximum Gasteiger partial charge on any atom is 0.164 e. The van der Waals surface area contributed by atoms with Crippen LogP contribution in [0.1, 0.15) is 16.8 Å². The van der Waals surface area contributed by atoms with Crippen LogP contribution in [0.25, 0.3) is 0 Å². The number of hydrogen-bond donors (Lipinski definition) is 0. The standard InChI is InChI=1S/C11H13F2NO/c1-14(2)6-5-11(15)8-3-4-9(12)10(13)7-8/h3-4,7H,5-6H2,1-2H3. The second kappa shape index (κ2) is 4.98. The molecule has 0 saturated heterocycles. The van der Waals surface area contributed by atoms with Crippen molar-refractivity contribution < 1.29 is 13.6 Å². The van der Waals surface area contributed by atoms with Gasteiger partial charge in [-0.05, 0) is 32.3 Å². The van der Waals surface area contributed by atoms with Gasteiger partial charge in [0.05, 0.1) is 0 Å². The minimum Gasteiger partial charge on any atom is -0.309 e. The number of nitrogens with zero attached hydrogens (tertiary/aromatic N) is 1. The lowest BCUT2D eigenvalue weighted by molar-refractivity contribution is 0.0972. The van der Waals surface area contributed by atoms with Crippen molar-refractivity contribution in [3.63, 3.8) is 0 Å². The third-order valence-corrected chi connectivity index (χ3v) is 2.03. The highest BCUT2D eigenvalue weighted by Gasteiger charge is 2.09. The van der Waals surface area contributed by atoms with Crippen LogP contribution < -0.4 is 0 Å². The van der Waals surface area contributed by atoms with Gasteiger partial charge in [0.2, 0.25) is 0 Å². The van der Waals surface area contributed by atoms with Crippen LogP contribution >= 0.6 is 0 Å². The molecule has 0 radical (unpaired) electrons. The van der Waals surface area contributed by atoms with Crippen molar-refractivity contribution in [3.8, 4) is 0 Å². The average Bonchev–Trinajstić information content (AvgIpc) is 2.18. The van der Waals surface area contributed by atoms with Crippen LogP contribution in [0, 0.1) is 11.6 Å². The molecular weight excluding hydrogens is 200 g/mol. The van der Waals surface area contributed by atoms with Gasteiger partial charge in [0.1, 0.15) is 0 Å². The Morgan fingerprint density at radius 3 is 2.47 bits per heavy atom. The van der Waals surface area contributed by atoms with Gasteiger partial charge in [-0.2, -0.15) is 0 Å². The molecule has 0 bridgehead atoms. The Labute approximate surface area is 87.5 Å². The van der Waals surface area contributed by atoms with Gasteiger partial charge in [-0.3, -0.25) is 4.79 Å². The molecule has 1 aromatic carbocycles. The molecule has 0 heterocycles. The van der Waals surface area contributed by atoms with Crippen molar-refractivity contribution in [1.82, 2.24) is 4.90 Å². The van der Waals surface area contributed by atoms with E-state index in [0.29, 0.717) is 13.0 Å². The van der Waals surface area contributed by atoms with Crippen LogP contribution in [0.3, 0.4) is 0 Å². The first-order valence-corrected chi connectivity index (χ1v) is 4.63. The van der Waals surface area contributed by atoms with Crippen molar-refractivity contribution in [2.24, 2.45) is 0 Å². The maximum atomic E-state index is 12.8. The number of carbonyl (C=O) groups is 1. The Hall–Kier alpha value is -1.29. The minimum atomic E-state index is -0.981. The number of Topliss-reactive ketones (excluding diaryl/α,β-unsaturated/α-hetero) is 1. The second-order valence-electron chi connectivity index (χ2n) is 3.61. The molecule has 2 nitrogen and oxygen atoms in total. The first-order chi connectivity index (χ1) is 7.00. The van der Waals surface area contributed by atoms with Crippen LogP contribution in [-0.2, 0) is 0 Å². The molecule has 0 fully saturated rings. The van der Waals surface area contributed by atoms with E-state index < -0.39 is 11.6 Å². The molecule has 1 rings (SSSR count). The summed E-state index contributed by atoms with van der Waals surface area (Å²) in [4.78, 5) is 13.4. The zero-order valence-corrected chi connectivity index (χ0v) is 8.76. The van der Waals surface area contributed by atoms with Gasteiger partial charge in [0, 0.05) is 18.5 Å². The van der Waals surface area contributed by atoms with Crippen molar-refractivity contribution in [2.45, 2.75) is 6.42 Å². The summed E-state index contributed by atoms with van der Waals surface area (Å²) in [6, 6.07) is 3.21. The highest BCUT2D eigenvalue weighted by Crippen LogP contribution is 2.10. The van der Waals surface area contributed by atoms with Gasteiger partial charge in [-0.1, -0.05) is 0 Å². The minimum absolute atomic E-state index is 0.178. The largest absolute Gasteiger partial charge is 0.309 e. The Balaban J connectivity index is 2.70. The number of ketones is 1. The Morgan fingerprint density at radius 1 is 1.27 bits per heavy atom. The molecule has 0 atom stereocenters. The van der Waals surface area contributed by atoms with Crippen molar-refractivity contribution in [1.29, 1.82) is 0 Å². The monoisotopic (exact) mass is 213 g/mol. The molecule has 0 aliphatic carbocycles. The molecule has 82 valence electrons. The van der Waals surface area contributed by atoms with Crippen LogP contribution in [-0.4, -0.2) is 31.3 Å². The number of benzene rings is 1. The summed E-state index contributed by atoms with van der Waals surface area (Å²) in [5.41, 5.74) is 0.218. The highest BCUT2D eigenvalue weighted by molar-refractivity contribution is 5.96. The summed E-state index contributed by atoms with van der Waals surface area (Å²) in [7, 11) is 3.69. The predicted octanol–water partition coefficient (Wildman–Crippen LogP) is 2.10. The quantitative estimate of drug-likeness (QED) is 0.714. The molecule has 4 heteroatoms. The lowest BCUT2D eigenvalue weighted by Gasteiger charge is -2.08. The predicted molar refractivity (Wildman–Crippen MR) is 53.9 cm³/mol. The van der Waals surface area contributed by atoms with Gasteiger partial charge in [-0.25, -0.2) is 8.78 Å². The topological polar surface area (TPSA) is 20.3 Å². The molecule has 15 heavy (non-hydrogen) atoms. The summed E-state index contributed by atoms with van der Waals surface area (Å²) in [6.45, 7) is 0.595. The zero-order valence-electron chi connectivity index (χ0n) is 8.76. The van der Waals surface area contributed by atoms with E-state index in [0.717, 1.165) is 12.1 Å². The zero-order chi connectivity index (χ0) is 11.4. The number of halogens is 2. The number of rotatable bonds is 4. The van der Waals surface area contributed by atoms with E-state index >= 15 is 0 Å². The molecular formula is C11H13F2NO. The molecule has 0 amide bonds. The molecule has 1 aromatic rings. The van der Waals surface area contributed by atoms with E-state index in [1.807, 2.05) is 19.0 Å². The molecule has 0 aliphatic heterocycles. The van der Waals surface area contributed by atoms with Crippen LogP contribution in [0.4, 0.5) is 8.78 Å². The lowest BCUT2D eigenvalue weighted by atomic mass is 10.1.